The van der Waals surface area contributed by atoms with Gasteiger partial charge in [-0.05, 0) is 37.8 Å². The minimum absolute atomic E-state index is 0.0427. The van der Waals surface area contributed by atoms with Crippen molar-refractivity contribution in [1.29, 1.82) is 0 Å². The molecule has 1 amide bonds. The number of hydrogen-bond donors (Lipinski definition) is 1. The van der Waals surface area contributed by atoms with Crippen molar-refractivity contribution in [2.75, 3.05) is 26.4 Å². The van der Waals surface area contributed by atoms with Crippen LogP contribution in [0.2, 0.25) is 0 Å². The molecule has 0 aromatic heterocycles. The van der Waals surface area contributed by atoms with Crippen LogP contribution in [0.3, 0.4) is 0 Å². The summed E-state index contributed by atoms with van der Waals surface area (Å²) >= 11 is 0. The summed E-state index contributed by atoms with van der Waals surface area (Å²) < 4.78 is 11.0. The highest BCUT2D eigenvalue weighted by atomic mass is 16.6. The molecule has 1 saturated heterocycles. The maximum Gasteiger partial charge on any atom is 0.269 e. The van der Waals surface area contributed by atoms with Crippen LogP contribution in [0, 0.1) is 5.92 Å². The summed E-state index contributed by atoms with van der Waals surface area (Å²) in [6.07, 6.45) is 7.03. The molecular weight excluding hydrogens is 344 g/mol. The molecule has 1 fully saturated rings. The van der Waals surface area contributed by atoms with E-state index in [0.29, 0.717) is 24.6 Å². The van der Waals surface area contributed by atoms with Gasteiger partial charge in [-0.2, -0.15) is 0 Å². The SMILES string of the molecule is O=C(NCC1CCOC1)C1=NOC(CCCCCCOc2ccccc2)C1. The number of hydrogen-bond acceptors (Lipinski definition) is 5. The number of para-hydroxylation sites is 1. The number of carbonyl (C=O) groups is 1. The first kappa shape index (κ1) is 19.7. The van der Waals surface area contributed by atoms with Gasteiger partial charge in [-0.25, -0.2) is 0 Å². The third kappa shape index (κ3) is 6.86. The molecule has 1 aromatic rings. The van der Waals surface area contributed by atoms with E-state index in [1.807, 2.05) is 30.3 Å². The Morgan fingerprint density at radius 3 is 2.85 bits per heavy atom. The number of nitrogens with one attached hydrogen (secondary N) is 1. The summed E-state index contributed by atoms with van der Waals surface area (Å²) in [4.78, 5) is 17.6. The van der Waals surface area contributed by atoms with Gasteiger partial charge < -0.3 is 19.6 Å². The molecule has 2 aliphatic rings. The van der Waals surface area contributed by atoms with E-state index in [4.69, 9.17) is 14.3 Å². The van der Waals surface area contributed by atoms with E-state index < -0.39 is 0 Å². The van der Waals surface area contributed by atoms with Gasteiger partial charge in [-0.1, -0.05) is 36.2 Å². The van der Waals surface area contributed by atoms with Gasteiger partial charge in [-0.15, -0.1) is 0 Å². The molecular formula is C21H30N2O4. The van der Waals surface area contributed by atoms with Gasteiger partial charge in [0.25, 0.3) is 5.91 Å². The molecule has 2 atom stereocenters. The Labute approximate surface area is 161 Å². The lowest BCUT2D eigenvalue weighted by Crippen LogP contribution is -2.34. The van der Waals surface area contributed by atoms with Crippen molar-refractivity contribution in [2.45, 2.75) is 51.0 Å². The maximum absolute atomic E-state index is 12.1. The minimum atomic E-state index is -0.0949. The predicted molar refractivity (Wildman–Crippen MR) is 104 cm³/mol. The lowest BCUT2D eigenvalue weighted by molar-refractivity contribution is -0.115. The van der Waals surface area contributed by atoms with Crippen LogP contribution >= 0.6 is 0 Å². The molecule has 6 heteroatoms. The number of carbonyl (C=O) groups excluding carboxylic acids is 1. The van der Waals surface area contributed by atoms with Crippen molar-refractivity contribution >= 4 is 11.6 Å². The van der Waals surface area contributed by atoms with Crippen molar-refractivity contribution in [2.24, 2.45) is 11.1 Å². The second-order valence-corrected chi connectivity index (χ2v) is 7.27. The average molecular weight is 374 g/mol. The highest BCUT2D eigenvalue weighted by Gasteiger charge is 2.26. The number of benzene rings is 1. The number of oxime groups is 1. The van der Waals surface area contributed by atoms with E-state index in [2.05, 4.69) is 10.5 Å². The van der Waals surface area contributed by atoms with Crippen molar-refractivity contribution < 1.29 is 19.1 Å². The average Bonchev–Trinajstić information content (AvgIpc) is 3.38. The molecule has 0 bridgehead atoms. The lowest BCUT2D eigenvalue weighted by atomic mass is 10.0. The van der Waals surface area contributed by atoms with E-state index in [-0.39, 0.29) is 12.0 Å². The Balaban J connectivity index is 1.19. The number of ether oxygens (including phenoxy) is 2. The Morgan fingerprint density at radius 2 is 2.04 bits per heavy atom. The number of unbranched alkanes of at least 4 members (excludes halogenated alkanes) is 3. The number of rotatable bonds is 11. The first-order valence-electron chi connectivity index (χ1n) is 10.1. The molecule has 0 aliphatic carbocycles. The van der Waals surface area contributed by atoms with Crippen LogP contribution in [0.15, 0.2) is 35.5 Å². The number of amides is 1. The second-order valence-electron chi connectivity index (χ2n) is 7.27. The van der Waals surface area contributed by atoms with E-state index in [1.54, 1.807) is 0 Å². The monoisotopic (exact) mass is 374 g/mol. The Morgan fingerprint density at radius 1 is 1.19 bits per heavy atom. The van der Waals surface area contributed by atoms with E-state index in [9.17, 15) is 4.79 Å². The fraction of sp³-hybridized carbons (Fsp3) is 0.619. The van der Waals surface area contributed by atoms with Crippen molar-refractivity contribution in [3.8, 4) is 5.75 Å². The largest absolute Gasteiger partial charge is 0.494 e. The van der Waals surface area contributed by atoms with Gasteiger partial charge in [0.1, 0.15) is 17.6 Å². The van der Waals surface area contributed by atoms with Gasteiger partial charge in [0, 0.05) is 25.5 Å². The zero-order valence-electron chi connectivity index (χ0n) is 15.9. The Hall–Kier alpha value is -2.08. The van der Waals surface area contributed by atoms with E-state index in [0.717, 1.165) is 64.1 Å². The van der Waals surface area contributed by atoms with Crippen LogP contribution in [0.5, 0.6) is 5.75 Å². The molecule has 0 radical (unpaired) electrons. The predicted octanol–water partition coefficient (Wildman–Crippen LogP) is 3.31. The van der Waals surface area contributed by atoms with Crippen LogP contribution in [-0.2, 0) is 14.4 Å². The second kappa shape index (κ2) is 10.9. The molecule has 1 aromatic carbocycles. The van der Waals surface area contributed by atoms with Crippen LogP contribution in [0.25, 0.3) is 0 Å². The quantitative estimate of drug-likeness (QED) is 0.603. The normalized spacial score (nSPS) is 21.6. The highest BCUT2D eigenvalue weighted by Crippen LogP contribution is 2.18. The van der Waals surface area contributed by atoms with Crippen LogP contribution < -0.4 is 10.1 Å². The fourth-order valence-electron chi connectivity index (χ4n) is 3.34. The zero-order chi connectivity index (χ0) is 18.7. The Kier molecular flexibility index (Phi) is 7.96. The van der Waals surface area contributed by atoms with Crippen molar-refractivity contribution in [3.05, 3.63) is 30.3 Å². The van der Waals surface area contributed by atoms with E-state index in [1.165, 1.54) is 0 Å². The molecule has 27 heavy (non-hydrogen) atoms. The topological polar surface area (TPSA) is 69.2 Å². The molecule has 1 N–H and O–H groups in total. The molecule has 2 aliphatic heterocycles. The minimum Gasteiger partial charge on any atom is -0.494 e. The summed E-state index contributed by atoms with van der Waals surface area (Å²) in [5.74, 6) is 1.27. The molecule has 6 nitrogen and oxygen atoms in total. The fourth-order valence-corrected chi connectivity index (χ4v) is 3.34. The number of nitrogens with zero attached hydrogens (tertiary/aromatic N) is 1. The van der Waals surface area contributed by atoms with E-state index >= 15 is 0 Å². The summed E-state index contributed by atoms with van der Waals surface area (Å²) in [5.41, 5.74) is 0.523. The summed E-state index contributed by atoms with van der Waals surface area (Å²) in [6.45, 7) is 2.95. The van der Waals surface area contributed by atoms with Gasteiger partial charge in [0.15, 0.2) is 0 Å². The van der Waals surface area contributed by atoms with Gasteiger partial charge in [0.2, 0.25) is 0 Å². The third-order valence-electron chi connectivity index (χ3n) is 5.00. The molecule has 2 heterocycles. The molecule has 2 unspecified atom stereocenters. The molecule has 3 rings (SSSR count). The van der Waals surface area contributed by atoms with Gasteiger partial charge in [0.05, 0.1) is 13.2 Å². The van der Waals surface area contributed by atoms with Crippen molar-refractivity contribution in [3.63, 3.8) is 0 Å². The highest BCUT2D eigenvalue weighted by molar-refractivity contribution is 6.39. The molecule has 0 spiro atoms. The van der Waals surface area contributed by atoms with Crippen molar-refractivity contribution in [1.82, 2.24) is 5.32 Å². The van der Waals surface area contributed by atoms with Crippen LogP contribution in [0.4, 0.5) is 0 Å². The molecule has 148 valence electrons. The zero-order valence-corrected chi connectivity index (χ0v) is 15.9. The summed E-state index contributed by atoms with van der Waals surface area (Å²) in [5, 5.41) is 6.92. The Bertz CT molecular complexity index is 599. The van der Waals surface area contributed by atoms with Crippen LogP contribution in [-0.4, -0.2) is 44.1 Å². The lowest BCUT2D eigenvalue weighted by Gasteiger charge is -2.09. The standard InChI is InChI=1S/C21H30N2O4/c24-21(22-15-17-11-13-25-16-17)20-14-19(27-23-20)10-4-1-2-7-12-26-18-8-5-3-6-9-18/h3,5-6,8-9,17,19H,1-2,4,7,10-16H2,(H,22,24). The third-order valence-corrected chi connectivity index (χ3v) is 5.00. The summed E-state index contributed by atoms with van der Waals surface area (Å²) in [6, 6.07) is 9.91. The first-order chi connectivity index (χ1) is 13.3. The smallest absolute Gasteiger partial charge is 0.269 e. The van der Waals surface area contributed by atoms with Crippen LogP contribution in [0.1, 0.15) is 44.9 Å². The van der Waals surface area contributed by atoms with Gasteiger partial charge in [-0.3, -0.25) is 4.79 Å². The molecule has 0 saturated carbocycles. The maximum atomic E-state index is 12.1. The first-order valence-corrected chi connectivity index (χ1v) is 10.1. The summed E-state index contributed by atoms with van der Waals surface area (Å²) in [7, 11) is 0. The van der Waals surface area contributed by atoms with Gasteiger partial charge >= 0.3 is 0 Å².